The smallest absolute Gasteiger partial charge is 0.221 e. The zero-order valence-electron chi connectivity index (χ0n) is 7.51. The van der Waals surface area contributed by atoms with E-state index in [0.717, 1.165) is 0 Å². The lowest BCUT2D eigenvalue weighted by Gasteiger charge is -2.16. The Kier molecular flexibility index (Phi) is 4.94. The molecule has 1 rings (SSSR count). The first-order valence-corrected chi connectivity index (χ1v) is 3.88. The number of benzene rings is 1. The molecule has 0 bridgehead atoms. The van der Waals surface area contributed by atoms with Crippen molar-refractivity contribution in [3.8, 4) is 0 Å². The van der Waals surface area contributed by atoms with Crippen molar-refractivity contribution in [2.24, 2.45) is 0 Å². The highest BCUT2D eigenvalue weighted by Crippen LogP contribution is 2.19. The third-order valence-corrected chi connectivity index (χ3v) is 1.68. The summed E-state index contributed by atoms with van der Waals surface area (Å²) in [6, 6.07) is 7.80. The van der Waals surface area contributed by atoms with Crippen molar-refractivity contribution in [3.05, 3.63) is 35.9 Å². The predicted octanol–water partition coefficient (Wildman–Crippen LogP) is 3.28. The maximum Gasteiger partial charge on any atom is 0.457 e. The van der Waals surface area contributed by atoms with Gasteiger partial charge in [0.15, 0.2) is 0 Å². The van der Waals surface area contributed by atoms with Crippen LogP contribution in [0.25, 0.3) is 0 Å². The van der Waals surface area contributed by atoms with Gasteiger partial charge in [-0.2, -0.15) is 13.2 Å². The summed E-state index contributed by atoms with van der Waals surface area (Å²) in [5, 5.41) is 1.54. The Balaban J connectivity index is 0.00000169. The minimum absolute atomic E-state index is 0. The third kappa shape index (κ3) is 4.48. The summed E-state index contributed by atoms with van der Waals surface area (Å²) in [5.74, 6) is 0. The Hall–Kier alpha value is -0.740. The van der Waals surface area contributed by atoms with E-state index in [9.17, 15) is 13.2 Å². The molecule has 80 valence electrons. The Bertz CT molecular complexity index is 261. The fourth-order valence-corrected chi connectivity index (χ4v) is 1.07. The molecule has 0 aromatic heterocycles. The second-order valence-electron chi connectivity index (χ2n) is 2.77. The average Bonchev–Trinajstić information content (AvgIpc) is 2.03. The molecule has 0 radical (unpaired) electrons. The van der Waals surface area contributed by atoms with Crippen LogP contribution in [0.2, 0.25) is 0 Å². The van der Waals surface area contributed by atoms with Crippen LogP contribution in [-0.4, -0.2) is 6.30 Å². The summed E-state index contributed by atoms with van der Waals surface area (Å²) < 4.78 is 35.6. The van der Waals surface area contributed by atoms with Crippen molar-refractivity contribution in [3.63, 3.8) is 0 Å². The van der Waals surface area contributed by atoms with Crippen LogP contribution < -0.4 is 5.32 Å². The maximum atomic E-state index is 11.9. The van der Waals surface area contributed by atoms with Gasteiger partial charge in [-0.15, -0.1) is 12.4 Å². The van der Waals surface area contributed by atoms with Gasteiger partial charge in [0, 0.05) is 6.04 Å². The van der Waals surface area contributed by atoms with E-state index in [1.54, 1.807) is 30.3 Å². The molecule has 5 heteroatoms. The van der Waals surface area contributed by atoms with Crippen LogP contribution in [-0.2, 0) is 0 Å². The minimum Gasteiger partial charge on any atom is -0.221 e. The number of hydrogen-bond acceptors (Lipinski definition) is 1. The zero-order valence-corrected chi connectivity index (χ0v) is 8.32. The number of rotatable bonds is 2. The fraction of sp³-hybridized carbons (Fsp3) is 0.333. The molecule has 0 aliphatic rings. The van der Waals surface area contributed by atoms with E-state index in [-0.39, 0.29) is 12.4 Å². The van der Waals surface area contributed by atoms with E-state index in [2.05, 4.69) is 0 Å². The molecule has 0 aliphatic carbocycles. The summed E-state index contributed by atoms with van der Waals surface area (Å²) >= 11 is 0. The quantitative estimate of drug-likeness (QED) is 0.762. The predicted molar refractivity (Wildman–Crippen MR) is 51.3 cm³/mol. The highest BCUT2D eigenvalue weighted by atomic mass is 35.5. The topological polar surface area (TPSA) is 12.0 Å². The molecule has 1 atom stereocenters. The number of hydrogen-bond donors (Lipinski definition) is 1. The van der Waals surface area contributed by atoms with Gasteiger partial charge in [-0.3, -0.25) is 0 Å². The van der Waals surface area contributed by atoms with Crippen molar-refractivity contribution in [1.82, 2.24) is 5.32 Å². The molecule has 1 unspecified atom stereocenters. The maximum absolute atomic E-state index is 11.9. The van der Waals surface area contributed by atoms with Crippen LogP contribution in [0.3, 0.4) is 0 Å². The van der Waals surface area contributed by atoms with Gasteiger partial charge in [-0.1, -0.05) is 30.3 Å². The fourth-order valence-electron chi connectivity index (χ4n) is 1.07. The van der Waals surface area contributed by atoms with Gasteiger partial charge in [-0.05, 0) is 12.5 Å². The van der Waals surface area contributed by atoms with Gasteiger partial charge in [0.2, 0.25) is 0 Å². The average molecular weight is 226 g/mol. The Morgan fingerprint density at radius 3 is 2.07 bits per heavy atom. The molecule has 1 N–H and O–H groups in total. The van der Waals surface area contributed by atoms with Crippen LogP contribution in [0.15, 0.2) is 30.3 Å². The largest absolute Gasteiger partial charge is 0.457 e. The molecular weight excluding hydrogens is 215 g/mol. The number of nitrogens with one attached hydrogen (secondary N) is 1. The molecule has 1 aromatic rings. The molecule has 0 amide bonds. The zero-order chi connectivity index (χ0) is 9.90. The highest BCUT2D eigenvalue weighted by molar-refractivity contribution is 5.85. The van der Waals surface area contributed by atoms with Crippen molar-refractivity contribution >= 4 is 12.4 Å². The molecule has 0 spiro atoms. The number of halogens is 4. The SMILES string of the molecule is CC(NC(F)(F)F)c1ccccc1.Cl. The van der Waals surface area contributed by atoms with Crippen molar-refractivity contribution in [2.45, 2.75) is 19.3 Å². The highest BCUT2D eigenvalue weighted by Gasteiger charge is 2.29. The molecule has 0 saturated carbocycles. The second kappa shape index (κ2) is 5.22. The lowest BCUT2D eigenvalue weighted by molar-refractivity contribution is -0.163. The molecule has 14 heavy (non-hydrogen) atoms. The summed E-state index contributed by atoms with van der Waals surface area (Å²) in [6.07, 6.45) is -4.32. The lowest BCUT2D eigenvalue weighted by atomic mass is 10.1. The first-order valence-electron chi connectivity index (χ1n) is 3.88. The van der Waals surface area contributed by atoms with E-state index in [1.165, 1.54) is 12.2 Å². The molecule has 1 nitrogen and oxygen atoms in total. The summed E-state index contributed by atoms with van der Waals surface area (Å²) in [4.78, 5) is 0. The van der Waals surface area contributed by atoms with E-state index < -0.39 is 12.3 Å². The molecule has 0 fully saturated rings. The molecule has 0 saturated heterocycles. The van der Waals surface area contributed by atoms with Crippen LogP contribution in [0.1, 0.15) is 18.5 Å². The van der Waals surface area contributed by atoms with Gasteiger partial charge >= 0.3 is 6.30 Å². The number of alkyl halides is 3. The Morgan fingerprint density at radius 1 is 1.14 bits per heavy atom. The summed E-state index contributed by atoms with van der Waals surface area (Å²) in [6.45, 7) is 1.48. The summed E-state index contributed by atoms with van der Waals surface area (Å²) in [7, 11) is 0. The molecule has 1 aromatic carbocycles. The Labute approximate surface area is 86.7 Å². The monoisotopic (exact) mass is 225 g/mol. The first-order chi connectivity index (χ1) is 5.99. The van der Waals surface area contributed by atoms with E-state index in [4.69, 9.17) is 0 Å². The minimum atomic E-state index is -4.32. The molecule has 0 heterocycles. The van der Waals surface area contributed by atoms with Gasteiger partial charge in [0.25, 0.3) is 0 Å². The van der Waals surface area contributed by atoms with Crippen molar-refractivity contribution in [1.29, 1.82) is 0 Å². The van der Waals surface area contributed by atoms with Crippen molar-refractivity contribution < 1.29 is 13.2 Å². The van der Waals surface area contributed by atoms with Gasteiger partial charge in [-0.25, -0.2) is 5.32 Å². The van der Waals surface area contributed by atoms with E-state index in [0.29, 0.717) is 5.56 Å². The van der Waals surface area contributed by atoms with E-state index >= 15 is 0 Å². The van der Waals surface area contributed by atoms with E-state index in [1.807, 2.05) is 0 Å². The normalized spacial score (nSPS) is 13.1. The van der Waals surface area contributed by atoms with Gasteiger partial charge in [0.1, 0.15) is 0 Å². The standard InChI is InChI=1S/C9H10F3N.ClH/c1-7(13-9(10,11)12)8-5-3-2-4-6-8;/h2-7,13H,1H3;1H. The third-order valence-electron chi connectivity index (χ3n) is 1.68. The lowest BCUT2D eigenvalue weighted by Crippen LogP contribution is -2.33. The van der Waals surface area contributed by atoms with Gasteiger partial charge in [0.05, 0.1) is 0 Å². The van der Waals surface area contributed by atoms with Crippen LogP contribution >= 0.6 is 12.4 Å². The van der Waals surface area contributed by atoms with Crippen LogP contribution in [0.4, 0.5) is 13.2 Å². The second-order valence-corrected chi connectivity index (χ2v) is 2.77. The first kappa shape index (κ1) is 13.3. The summed E-state index contributed by atoms with van der Waals surface area (Å²) in [5.41, 5.74) is 0.625. The molecular formula is C9H11ClF3N. The molecule has 0 aliphatic heterocycles. The van der Waals surface area contributed by atoms with Crippen molar-refractivity contribution in [2.75, 3.05) is 0 Å². The van der Waals surface area contributed by atoms with Crippen LogP contribution in [0, 0.1) is 0 Å². The van der Waals surface area contributed by atoms with Gasteiger partial charge < -0.3 is 0 Å². The Morgan fingerprint density at radius 2 is 1.64 bits per heavy atom. The van der Waals surface area contributed by atoms with Crippen LogP contribution in [0.5, 0.6) is 0 Å².